The van der Waals surface area contributed by atoms with Gasteiger partial charge in [-0.25, -0.2) is 9.59 Å². The maximum Gasteiger partial charge on any atom is 0.342 e. The van der Waals surface area contributed by atoms with Crippen LogP contribution in [0.1, 0.15) is 61.0 Å². The summed E-state index contributed by atoms with van der Waals surface area (Å²) in [6, 6.07) is 15.3. The maximum absolute atomic E-state index is 13.1. The minimum absolute atomic E-state index is 0.0302. The highest BCUT2D eigenvalue weighted by molar-refractivity contribution is 7.17. The van der Waals surface area contributed by atoms with E-state index >= 15 is 0 Å². The summed E-state index contributed by atoms with van der Waals surface area (Å²) in [5, 5.41) is 6.15. The predicted molar refractivity (Wildman–Crippen MR) is 138 cm³/mol. The maximum atomic E-state index is 13.1. The number of hydrogen-bond donors (Lipinski definition) is 2. The van der Waals surface area contributed by atoms with Gasteiger partial charge in [0.2, 0.25) is 0 Å². The molecule has 1 aromatic heterocycles. The molecule has 0 radical (unpaired) electrons. The van der Waals surface area contributed by atoms with E-state index in [0.717, 1.165) is 21.6 Å². The highest BCUT2D eigenvalue weighted by Crippen LogP contribution is 2.41. The van der Waals surface area contributed by atoms with E-state index in [1.807, 2.05) is 64.1 Å². The topological polar surface area (TPSA) is 67.4 Å². The van der Waals surface area contributed by atoms with Gasteiger partial charge in [-0.2, -0.15) is 0 Å². The SMILES string of the molecule is Cc1ccc(NC(=O)Nc2sc(C)c(-c3ccc(C(C)(C)C)cc3)c2C(=O)OC(C)C)cc1. The van der Waals surface area contributed by atoms with Crippen molar-refractivity contribution in [2.24, 2.45) is 0 Å². The molecular formula is C27H32N2O3S. The molecule has 6 heteroatoms. The van der Waals surface area contributed by atoms with Crippen LogP contribution in [0.5, 0.6) is 0 Å². The number of nitrogens with one attached hydrogen (secondary N) is 2. The van der Waals surface area contributed by atoms with Gasteiger partial charge in [-0.05, 0) is 56.4 Å². The zero-order chi connectivity index (χ0) is 24.3. The Kier molecular flexibility index (Phi) is 7.28. The second-order valence-electron chi connectivity index (χ2n) is 9.46. The summed E-state index contributed by atoms with van der Waals surface area (Å²) in [6.45, 7) is 14.1. The molecule has 0 aliphatic carbocycles. The number of esters is 1. The van der Waals surface area contributed by atoms with Gasteiger partial charge in [0.15, 0.2) is 0 Å². The largest absolute Gasteiger partial charge is 0.459 e. The average Bonchev–Trinajstić information content (AvgIpc) is 3.04. The Hall–Kier alpha value is -3.12. The number of aryl methyl sites for hydroxylation is 2. The van der Waals surface area contributed by atoms with Crippen LogP contribution in [-0.4, -0.2) is 18.1 Å². The Bertz CT molecular complexity index is 1140. The second kappa shape index (κ2) is 9.79. The highest BCUT2D eigenvalue weighted by atomic mass is 32.1. The van der Waals surface area contributed by atoms with Crippen molar-refractivity contribution in [3.63, 3.8) is 0 Å². The molecule has 0 saturated heterocycles. The van der Waals surface area contributed by atoms with Crippen molar-refractivity contribution in [2.45, 2.75) is 60.0 Å². The van der Waals surface area contributed by atoms with E-state index in [1.54, 1.807) is 0 Å². The van der Waals surface area contributed by atoms with Crippen LogP contribution in [0.3, 0.4) is 0 Å². The smallest absolute Gasteiger partial charge is 0.342 e. The van der Waals surface area contributed by atoms with Crippen LogP contribution in [-0.2, 0) is 10.2 Å². The first kappa shape index (κ1) is 24.5. The van der Waals surface area contributed by atoms with Crippen LogP contribution in [0.2, 0.25) is 0 Å². The number of urea groups is 1. The van der Waals surface area contributed by atoms with Gasteiger partial charge in [-0.1, -0.05) is 62.7 Å². The number of carbonyl (C=O) groups is 2. The van der Waals surface area contributed by atoms with Gasteiger partial charge in [0.05, 0.1) is 6.10 Å². The first-order valence-corrected chi connectivity index (χ1v) is 11.9. The molecule has 0 saturated carbocycles. The first-order valence-electron chi connectivity index (χ1n) is 11.1. The van der Waals surface area contributed by atoms with Crippen molar-refractivity contribution >= 4 is 34.0 Å². The molecule has 174 valence electrons. The fourth-order valence-corrected chi connectivity index (χ4v) is 4.55. The van der Waals surface area contributed by atoms with Crippen molar-refractivity contribution in [3.8, 4) is 11.1 Å². The third kappa shape index (κ3) is 6.02. The lowest BCUT2D eigenvalue weighted by Gasteiger charge is -2.19. The summed E-state index contributed by atoms with van der Waals surface area (Å²) in [4.78, 5) is 26.7. The van der Waals surface area contributed by atoms with Gasteiger partial charge >= 0.3 is 12.0 Å². The molecule has 2 amide bonds. The van der Waals surface area contributed by atoms with E-state index in [0.29, 0.717) is 16.3 Å². The number of ether oxygens (including phenoxy) is 1. The Morgan fingerprint density at radius 3 is 2.06 bits per heavy atom. The van der Waals surface area contributed by atoms with Gasteiger partial charge in [0.1, 0.15) is 10.6 Å². The molecule has 0 bridgehead atoms. The van der Waals surface area contributed by atoms with Crippen molar-refractivity contribution in [2.75, 3.05) is 10.6 Å². The third-order valence-electron chi connectivity index (χ3n) is 5.21. The molecule has 2 N–H and O–H groups in total. The van der Waals surface area contributed by atoms with Crippen molar-refractivity contribution in [1.29, 1.82) is 0 Å². The van der Waals surface area contributed by atoms with E-state index in [-0.39, 0.29) is 11.5 Å². The number of thiophene rings is 1. The number of hydrogen-bond acceptors (Lipinski definition) is 4. The molecule has 2 aromatic carbocycles. The zero-order valence-corrected chi connectivity index (χ0v) is 21.1. The monoisotopic (exact) mass is 464 g/mol. The Balaban J connectivity index is 1.97. The van der Waals surface area contributed by atoms with Gasteiger partial charge < -0.3 is 10.1 Å². The van der Waals surface area contributed by atoms with E-state index in [9.17, 15) is 9.59 Å². The summed E-state index contributed by atoms with van der Waals surface area (Å²) < 4.78 is 5.54. The molecule has 0 aliphatic heterocycles. The fraction of sp³-hybridized carbons (Fsp3) is 0.333. The number of benzene rings is 2. The molecule has 0 unspecified atom stereocenters. The molecule has 3 rings (SSSR count). The molecule has 1 heterocycles. The van der Waals surface area contributed by atoms with E-state index in [1.165, 1.54) is 16.9 Å². The molecule has 5 nitrogen and oxygen atoms in total. The zero-order valence-electron chi connectivity index (χ0n) is 20.3. The van der Waals surface area contributed by atoms with Crippen LogP contribution in [0.25, 0.3) is 11.1 Å². The number of amides is 2. The molecule has 33 heavy (non-hydrogen) atoms. The number of anilines is 2. The lowest BCUT2D eigenvalue weighted by atomic mass is 9.86. The van der Waals surface area contributed by atoms with E-state index in [2.05, 4.69) is 43.5 Å². The van der Waals surface area contributed by atoms with Crippen LogP contribution in [0.4, 0.5) is 15.5 Å². The summed E-state index contributed by atoms with van der Waals surface area (Å²) >= 11 is 1.37. The molecule has 0 atom stereocenters. The molecular weight excluding hydrogens is 432 g/mol. The minimum atomic E-state index is -0.449. The summed E-state index contributed by atoms with van der Waals surface area (Å²) in [5.41, 5.74) is 5.11. The van der Waals surface area contributed by atoms with Crippen molar-refractivity contribution in [3.05, 3.63) is 70.1 Å². The lowest BCUT2D eigenvalue weighted by molar-refractivity contribution is 0.0380. The highest BCUT2D eigenvalue weighted by Gasteiger charge is 2.26. The van der Waals surface area contributed by atoms with E-state index in [4.69, 9.17) is 4.74 Å². The Labute approximate surface area is 200 Å². The van der Waals surface area contributed by atoms with Gasteiger partial charge in [-0.15, -0.1) is 11.3 Å². The third-order valence-corrected chi connectivity index (χ3v) is 6.23. The van der Waals surface area contributed by atoms with Crippen LogP contribution >= 0.6 is 11.3 Å². The Morgan fingerprint density at radius 2 is 1.52 bits per heavy atom. The fourth-order valence-electron chi connectivity index (χ4n) is 3.49. The van der Waals surface area contributed by atoms with Crippen LogP contribution in [0, 0.1) is 13.8 Å². The molecule has 0 spiro atoms. The van der Waals surface area contributed by atoms with Gasteiger partial charge in [0.25, 0.3) is 0 Å². The summed E-state index contributed by atoms with van der Waals surface area (Å²) in [6.07, 6.45) is -0.275. The Morgan fingerprint density at radius 1 is 0.909 bits per heavy atom. The summed E-state index contributed by atoms with van der Waals surface area (Å²) in [7, 11) is 0. The molecule has 0 fully saturated rings. The van der Waals surface area contributed by atoms with Crippen LogP contribution in [0.15, 0.2) is 48.5 Å². The van der Waals surface area contributed by atoms with Crippen LogP contribution < -0.4 is 10.6 Å². The minimum Gasteiger partial charge on any atom is -0.459 e. The summed E-state index contributed by atoms with van der Waals surface area (Å²) in [5.74, 6) is -0.449. The lowest BCUT2D eigenvalue weighted by Crippen LogP contribution is -2.21. The standard InChI is InChI=1S/C27H32N2O3S/c1-16(2)32-25(30)23-22(19-10-12-20(13-11-19)27(5,6)7)18(4)33-24(23)29-26(31)28-21-14-8-17(3)9-15-21/h8-16H,1-7H3,(H2,28,29,31). The van der Waals surface area contributed by atoms with Gasteiger partial charge in [-0.3, -0.25) is 5.32 Å². The van der Waals surface area contributed by atoms with Crippen molar-refractivity contribution in [1.82, 2.24) is 0 Å². The van der Waals surface area contributed by atoms with E-state index < -0.39 is 12.0 Å². The number of carbonyl (C=O) groups excluding carboxylic acids is 2. The number of rotatable bonds is 5. The molecule has 3 aromatic rings. The van der Waals surface area contributed by atoms with Crippen molar-refractivity contribution < 1.29 is 14.3 Å². The normalized spacial score (nSPS) is 11.4. The predicted octanol–water partition coefficient (Wildman–Crippen LogP) is 7.54. The first-order chi connectivity index (χ1) is 15.5. The van der Waals surface area contributed by atoms with Gasteiger partial charge in [0, 0.05) is 16.1 Å². The molecule has 0 aliphatic rings. The average molecular weight is 465 g/mol. The quantitative estimate of drug-likeness (QED) is 0.383. The second-order valence-corrected chi connectivity index (χ2v) is 10.7.